The first kappa shape index (κ1) is 15.6. The van der Waals surface area contributed by atoms with Crippen molar-refractivity contribution in [1.29, 1.82) is 0 Å². The average Bonchev–Trinajstić information content (AvgIpc) is 3.13. The number of furan rings is 1. The minimum absolute atomic E-state index is 0.150. The highest BCUT2D eigenvalue weighted by molar-refractivity contribution is 5.87. The SMILES string of the molecule is O=C(CNc1ccc2ccccc2c1)NN=CC=Cc1ccco1. The molecule has 0 saturated carbocycles. The summed E-state index contributed by atoms with van der Waals surface area (Å²) in [6.45, 7) is 0.150. The highest BCUT2D eigenvalue weighted by Crippen LogP contribution is 2.18. The zero-order chi connectivity index (χ0) is 16.6. The molecule has 0 unspecified atom stereocenters. The van der Waals surface area contributed by atoms with Crippen LogP contribution in [-0.4, -0.2) is 18.7 Å². The van der Waals surface area contributed by atoms with E-state index in [0.29, 0.717) is 0 Å². The molecule has 5 nitrogen and oxygen atoms in total. The van der Waals surface area contributed by atoms with E-state index in [1.807, 2.05) is 42.5 Å². The molecule has 120 valence electrons. The summed E-state index contributed by atoms with van der Waals surface area (Å²) in [5.41, 5.74) is 3.35. The number of nitrogens with zero attached hydrogens (tertiary/aromatic N) is 1. The summed E-state index contributed by atoms with van der Waals surface area (Å²) in [6, 6.07) is 17.7. The van der Waals surface area contributed by atoms with E-state index >= 15 is 0 Å². The first-order chi connectivity index (χ1) is 11.8. The van der Waals surface area contributed by atoms with Crippen molar-refractivity contribution < 1.29 is 9.21 Å². The molecule has 2 aromatic carbocycles. The lowest BCUT2D eigenvalue weighted by molar-refractivity contribution is -0.119. The molecule has 0 aliphatic heterocycles. The third kappa shape index (κ3) is 4.33. The number of carbonyl (C=O) groups excluding carboxylic acids is 1. The molecule has 0 saturated heterocycles. The standard InChI is InChI=1S/C19H17N3O2/c23-19(22-21-11-3-7-18-8-4-12-24-18)14-20-17-10-9-15-5-1-2-6-16(15)13-17/h1-13,20H,14H2,(H,22,23). The highest BCUT2D eigenvalue weighted by Gasteiger charge is 2.00. The predicted molar refractivity (Wildman–Crippen MR) is 96.8 cm³/mol. The zero-order valence-electron chi connectivity index (χ0n) is 13.0. The van der Waals surface area contributed by atoms with Crippen LogP contribution in [0.1, 0.15) is 5.76 Å². The molecule has 1 heterocycles. The van der Waals surface area contributed by atoms with Gasteiger partial charge < -0.3 is 9.73 Å². The van der Waals surface area contributed by atoms with Crippen LogP contribution in [0, 0.1) is 0 Å². The summed E-state index contributed by atoms with van der Waals surface area (Å²) < 4.78 is 5.13. The smallest absolute Gasteiger partial charge is 0.259 e. The van der Waals surface area contributed by atoms with Crippen molar-refractivity contribution in [2.75, 3.05) is 11.9 Å². The summed E-state index contributed by atoms with van der Waals surface area (Å²) in [5, 5.41) is 9.22. The quantitative estimate of drug-likeness (QED) is 0.538. The van der Waals surface area contributed by atoms with Gasteiger partial charge >= 0.3 is 0 Å². The van der Waals surface area contributed by atoms with Gasteiger partial charge in [0.05, 0.1) is 12.8 Å². The molecule has 0 atom stereocenters. The highest BCUT2D eigenvalue weighted by atomic mass is 16.3. The fourth-order valence-electron chi connectivity index (χ4n) is 2.20. The van der Waals surface area contributed by atoms with Crippen molar-refractivity contribution in [2.24, 2.45) is 5.10 Å². The van der Waals surface area contributed by atoms with Crippen LogP contribution >= 0.6 is 0 Å². The summed E-state index contributed by atoms with van der Waals surface area (Å²) >= 11 is 0. The van der Waals surface area contributed by atoms with Crippen LogP contribution in [0.2, 0.25) is 0 Å². The maximum atomic E-state index is 11.7. The molecule has 0 spiro atoms. The van der Waals surface area contributed by atoms with Crippen molar-refractivity contribution in [3.63, 3.8) is 0 Å². The van der Waals surface area contributed by atoms with Crippen molar-refractivity contribution in [3.05, 3.63) is 72.7 Å². The Labute approximate surface area is 139 Å². The molecule has 0 fully saturated rings. The van der Waals surface area contributed by atoms with E-state index in [0.717, 1.165) is 16.8 Å². The van der Waals surface area contributed by atoms with Crippen LogP contribution in [-0.2, 0) is 4.79 Å². The van der Waals surface area contributed by atoms with E-state index in [-0.39, 0.29) is 12.5 Å². The van der Waals surface area contributed by atoms with Crippen molar-refractivity contribution in [3.8, 4) is 0 Å². The Balaban J connectivity index is 1.46. The molecular formula is C19H17N3O2. The molecule has 3 aromatic rings. The van der Waals surface area contributed by atoms with E-state index in [9.17, 15) is 4.79 Å². The van der Waals surface area contributed by atoms with Crippen LogP contribution in [0.3, 0.4) is 0 Å². The maximum absolute atomic E-state index is 11.7. The molecule has 24 heavy (non-hydrogen) atoms. The number of allylic oxidation sites excluding steroid dienone is 1. The number of benzene rings is 2. The second-order valence-corrected chi connectivity index (χ2v) is 5.10. The van der Waals surface area contributed by atoms with Gasteiger partial charge in [0.2, 0.25) is 0 Å². The van der Waals surface area contributed by atoms with E-state index in [2.05, 4.69) is 21.9 Å². The van der Waals surface area contributed by atoms with Gasteiger partial charge in [-0.15, -0.1) is 0 Å². The summed E-state index contributed by atoms with van der Waals surface area (Å²) in [6.07, 6.45) is 6.53. The first-order valence-electron chi connectivity index (χ1n) is 7.56. The Bertz CT molecular complexity index is 867. The molecule has 0 aliphatic carbocycles. The summed E-state index contributed by atoms with van der Waals surface area (Å²) in [7, 11) is 0. The van der Waals surface area contributed by atoms with Gasteiger partial charge in [-0.2, -0.15) is 5.10 Å². The van der Waals surface area contributed by atoms with Crippen LogP contribution in [0.15, 0.2) is 76.5 Å². The normalized spacial score (nSPS) is 11.3. The molecular weight excluding hydrogens is 302 g/mol. The Hall–Kier alpha value is -3.34. The third-order valence-corrected chi connectivity index (χ3v) is 3.36. The topological polar surface area (TPSA) is 66.6 Å². The number of nitrogens with one attached hydrogen (secondary N) is 2. The van der Waals surface area contributed by atoms with Gasteiger partial charge in [-0.05, 0) is 47.2 Å². The Morgan fingerprint density at radius 3 is 2.79 bits per heavy atom. The fourth-order valence-corrected chi connectivity index (χ4v) is 2.20. The fraction of sp³-hybridized carbons (Fsp3) is 0.0526. The number of amides is 1. The Morgan fingerprint density at radius 2 is 1.96 bits per heavy atom. The monoisotopic (exact) mass is 319 g/mol. The number of hydrazone groups is 1. The molecule has 1 amide bonds. The molecule has 5 heteroatoms. The molecule has 0 aliphatic rings. The largest absolute Gasteiger partial charge is 0.465 e. The van der Waals surface area contributed by atoms with Crippen LogP contribution in [0.5, 0.6) is 0 Å². The molecule has 0 radical (unpaired) electrons. The zero-order valence-corrected chi connectivity index (χ0v) is 13.0. The van der Waals surface area contributed by atoms with E-state index in [1.165, 1.54) is 11.6 Å². The van der Waals surface area contributed by atoms with Crippen molar-refractivity contribution >= 4 is 34.7 Å². The lowest BCUT2D eigenvalue weighted by atomic mass is 10.1. The number of rotatable bonds is 6. The Morgan fingerprint density at radius 1 is 1.08 bits per heavy atom. The Kier molecular flexibility index (Phi) is 5.04. The van der Waals surface area contributed by atoms with Gasteiger partial charge in [0.15, 0.2) is 0 Å². The van der Waals surface area contributed by atoms with Gasteiger partial charge in [-0.3, -0.25) is 4.79 Å². The molecule has 3 rings (SSSR count). The number of fused-ring (bicyclic) bond motifs is 1. The van der Waals surface area contributed by atoms with Crippen LogP contribution in [0.25, 0.3) is 16.8 Å². The summed E-state index contributed by atoms with van der Waals surface area (Å²) in [5.74, 6) is 0.511. The van der Waals surface area contributed by atoms with Gasteiger partial charge in [0.1, 0.15) is 5.76 Å². The van der Waals surface area contributed by atoms with Gasteiger partial charge in [-0.25, -0.2) is 5.43 Å². The van der Waals surface area contributed by atoms with E-state index in [1.54, 1.807) is 24.5 Å². The van der Waals surface area contributed by atoms with Crippen molar-refractivity contribution in [2.45, 2.75) is 0 Å². The van der Waals surface area contributed by atoms with Crippen molar-refractivity contribution in [1.82, 2.24) is 5.43 Å². The molecule has 2 N–H and O–H groups in total. The second-order valence-electron chi connectivity index (χ2n) is 5.10. The van der Waals surface area contributed by atoms with Gasteiger partial charge in [0.25, 0.3) is 5.91 Å². The average molecular weight is 319 g/mol. The van der Waals surface area contributed by atoms with Gasteiger partial charge in [-0.1, -0.05) is 30.3 Å². The molecule has 1 aromatic heterocycles. The predicted octanol–water partition coefficient (Wildman–Crippen LogP) is 3.66. The number of hydrogen-bond donors (Lipinski definition) is 2. The number of carbonyl (C=O) groups is 1. The van der Waals surface area contributed by atoms with Crippen LogP contribution in [0.4, 0.5) is 5.69 Å². The van der Waals surface area contributed by atoms with E-state index in [4.69, 9.17) is 4.42 Å². The second kappa shape index (κ2) is 7.78. The lowest BCUT2D eigenvalue weighted by Gasteiger charge is -2.06. The maximum Gasteiger partial charge on any atom is 0.259 e. The molecule has 0 bridgehead atoms. The minimum atomic E-state index is -0.217. The van der Waals surface area contributed by atoms with Gasteiger partial charge in [0, 0.05) is 11.9 Å². The van der Waals surface area contributed by atoms with Crippen LogP contribution < -0.4 is 10.7 Å². The minimum Gasteiger partial charge on any atom is -0.465 e. The first-order valence-corrected chi connectivity index (χ1v) is 7.56. The summed E-state index contributed by atoms with van der Waals surface area (Å²) in [4.78, 5) is 11.7. The third-order valence-electron chi connectivity index (χ3n) is 3.36. The number of hydrogen-bond acceptors (Lipinski definition) is 4. The lowest BCUT2D eigenvalue weighted by Crippen LogP contribution is -2.25. The van der Waals surface area contributed by atoms with E-state index < -0.39 is 0 Å². The number of anilines is 1.